The van der Waals surface area contributed by atoms with E-state index in [1.54, 1.807) is 40.4 Å². The predicted octanol–water partition coefficient (Wildman–Crippen LogP) is 2.39. The number of rotatable bonds is 2. The van der Waals surface area contributed by atoms with Gasteiger partial charge in [0.2, 0.25) is 0 Å². The van der Waals surface area contributed by atoms with Gasteiger partial charge in [-0.2, -0.15) is 0 Å². The zero-order valence-electron chi connectivity index (χ0n) is 15.1. The maximum atomic E-state index is 12.8. The number of phenolic OH excluding ortho intramolecular Hbond substituents is 1. The van der Waals surface area contributed by atoms with Crippen LogP contribution in [0.3, 0.4) is 0 Å². The highest BCUT2D eigenvalue weighted by Gasteiger charge is 2.25. The summed E-state index contributed by atoms with van der Waals surface area (Å²) in [5.74, 6) is -0.259. The Morgan fingerprint density at radius 1 is 0.962 bits per heavy atom. The van der Waals surface area contributed by atoms with Crippen molar-refractivity contribution in [1.82, 2.24) is 14.8 Å². The molecule has 1 N–H and O–H groups in total. The summed E-state index contributed by atoms with van der Waals surface area (Å²) in [6.07, 6.45) is 3.96. The molecule has 1 aromatic carbocycles. The molecule has 0 radical (unpaired) electrons. The number of benzene rings is 1. The van der Waals surface area contributed by atoms with Crippen molar-refractivity contribution in [3.05, 3.63) is 58.9 Å². The van der Waals surface area contributed by atoms with Crippen LogP contribution in [0.1, 0.15) is 38.3 Å². The fourth-order valence-electron chi connectivity index (χ4n) is 3.17. The fourth-order valence-corrected chi connectivity index (χ4v) is 3.17. The molecule has 0 aliphatic carbocycles. The van der Waals surface area contributed by atoms with Crippen LogP contribution in [0.25, 0.3) is 0 Å². The minimum atomic E-state index is -0.196. The van der Waals surface area contributed by atoms with E-state index in [9.17, 15) is 14.7 Å². The minimum absolute atomic E-state index is 0.0104. The van der Waals surface area contributed by atoms with Crippen LogP contribution < -0.4 is 0 Å². The molecule has 0 spiro atoms. The molecule has 136 valence electrons. The minimum Gasteiger partial charge on any atom is -0.507 e. The number of carbonyl (C=O) groups excluding carboxylic acids is 2. The molecule has 2 amide bonds. The first kappa shape index (κ1) is 17.9. The first-order valence-corrected chi connectivity index (χ1v) is 8.76. The van der Waals surface area contributed by atoms with Crippen LogP contribution in [-0.2, 0) is 0 Å². The van der Waals surface area contributed by atoms with Crippen molar-refractivity contribution in [2.24, 2.45) is 0 Å². The number of aromatic nitrogens is 1. The second kappa shape index (κ2) is 7.56. The summed E-state index contributed by atoms with van der Waals surface area (Å²) in [5.41, 5.74) is 2.73. The summed E-state index contributed by atoms with van der Waals surface area (Å²) < 4.78 is 0. The van der Waals surface area contributed by atoms with Gasteiger partial charge < -0.3 is 14.9 Å². The molecule has 3 rings (SSSR count). The second-order valence-electron chi connectivity index (χ2n) is 6.65. The van der Waals surface area contributed by atoms with Crippen molar-refractivity contribution in [3.63, 3.8) is 0 Å². The summed E-state index contributed by atoms with van der Waals surface area (Å²) >= 11 is 0. The lowest BCUT2D eigenvalue weighted by atomic mass is 10.1. The van der Waals surface area contributed by atoms with Crippen molar-refractivity contribution in [2.75, 3.05) is 26.2 Å². The molecule has 1 fully saturated rings. The van der Waals surface area contributed by atoms with Gasteiger partial charge in [0.05, 0.1) is 11.1 Å². The quantitative estimate of drug-likeness (QED) is 0.900. The number of hydrogen-bond acceptors (Lipinski definition) is 4. The van der Waals surface area contributed by atoms with E-state index in [-0.39, 0.29) is 17.6 Å². The Morgan fingerprint density at radius 3 is 2.27 bits per heavy atom. The molecule has 6 nitrogen and oxygen atoms in total. The number of pyridine rings is 1. The highest BCUT2D eigenvalue weighted by atomic mass is 16.3. The number of hydrogen-bond donors (Lipinski definition) is 1. The Bertz CT molecular complexity index is 835. The smallest absolute Gasteiger partial charge is 0.257 e. The topological polar surface area (TPSA) is 73.7 Å². The van der Waals surface area contributed by atoms with Crippen molar-refractivity contribution in [1.29, 1.82) is 0 Å². The molecule has 1 aliphatic heterocycles. The van der Waals surface area contributed by atoms with Crippen LogP contribution in [0.4, 0.5) is 0 Å². The van der Waals surface area contributed by atoms with E-state index in [4.69, 9.17) is 0 Å². The molecular formula is C20H23N3O3. The molecule has 2 aromatic rings. The average Bonchev–Trinajstić information content (AvgIpc) is 2.89. The zero-order valence-corrected chi connectivity index (χ0v) is 15.1. The number of phenols is 1. The molecular weight excluding hydrogens is 330 g/mol. The van der Waals surface area contributed by atoms with Crippen LogP contribution in [0.15, 0.2) is 36.7 Å². The lowest BCUT2D eigenvalue weighted by molar-refractivity contribution is 0.0716. The van der Waals surface area contributed by atoms with Crippen molar-refractivity contribution < 1.29 is 14.7 Å². The molecule has 1 aromatic heterocycles. The van der Waals surface area contributed by atoms with Crippen molar-refractivity contribution >= 4 is 11.8 Å². The van der Waals surface area contributed by atoms with Gasteiger partial charge in [0.1, 0.15) is 5.75 Å². The fraction of sp³-hybridized carbons (Fsp3) is 0.350. The Kier molecular flexibility index (Phi) is 5.21. The highest BCUT2D eigenvalue weighted by Crippen LogP contribution is 2.21. The van der Waals surface area contributed by atoms with Gasteiger partial charge in [0.15, 0.2) is 0 Å². The molecule has 0 bridgehead atoms. The molecule has 26 heavy (non-hydrogen) atoms. The van der Waals surface area contributed by atoms with E-state index in [0.717, 1.165) is 11.1 Å². The van der Waals surface area contributed by atoms with Gasteiger partial charge in [-0.15, -0.1) is 0 Å². The Hall–Kier alpha value is -2.89. The van der Waals surface area contributed by atoms with Gasteiger partial charge in [0, 0.05) is 38.6 Å². The normalized spacial score (nSPS) is 14.8. The summed E-state index contributed by atoms with van der Waals surface area (Å²) in [7, 11) is 0. The first-order chi connectivity index (χ1) is 12.5. The van der Waals surface area contributed by atoms with Crippen LogP contribution in [0.5, 0.6) is 5.75 Å². The van der Waals surface area contributed by atoms with E-state index in [1.165, 1.54) is 0 Å². The van der Waals surface area contributed by atoms with Gasteiger partial charge >= 0.3 is 0 Å². The lowest BCUT2D eigenvalue weighted by Gasteiger charge is -2.23. The number of aromatic hydroxyl groups is 1. The summed E-state index contributed by atoms with van der Waals surface area (Å²) in [6.45, 7) is 5.83. The van der Waals surface area contributed by atoms with E-state index < -0.39 is 0 Å². The molecule has 0 atom stereocenters. The third-order valence-corrected chi connectivity index (χ3v) is 4.72. The Morgan fingerprint density at radius 2 is 1.62 bits per heavy atom. The number of amides is 2. The molecule has 0 unspecified atom stereocenters. The number of aryl methyl sites for hydroxylation is 2. The zero-order chi connectivity index (χ0) is 18.7. The summed E-state index contributed by atoms with van der Waals surface area (Å²) in [6, 6.07) is 6.83. The van der Waals surface area contributed by atoms with Gasteiger partial charge in [0.25, 0.3) is 11.8 Å². The monoisotopic (exact) mass is 353 g/mol. The summed E-state index contributed by atoms with van der Waals surface area (Å²) in [4.78, 5) is 33.1. The van der Waals surface area contributed by atoms with Gasteiger partial charge in [-0.1, -0.05) is 11.6 Å². The molecule has 2 heterocycles. The maximum Gasteiger partial charge on any atom is 0.257 e. The molecule has 1 saturated heterocycles. The maximum absolute atomic E-state index is 12.8. The van der Waals surface area contributed by atoms with E-state index in [0.29, 0.717) is 43.7 Å². The molecule has 0 saturated carbocycles. The van der Waals surface area contributed by atoms with Crippen molar-refractivity contribution in [2.45, 2.75) is 20.3 Å². The Balaban J connectivity index is 1.72. The lowest BCUT2D eigenvalue weighted by Crippen LogP contribution is -2.37. The third-order valence-electron chi connectivity index (χ3n) is 4.72. The number of nitrogens with zero attached hydrogens (tertiary/aromatic N) is 3. The third kappa shape index (κ3) is 3.69. The van der Waals surface area contributed by atoms with Crippen LogP contribution in [0, 0.1) is 13.8 Å². The van der Waals surface area contributed by atoms with Gasteiger partial charge in [-0.05, 0) is 44.0 Å². The summed E-state index contributed by atoms with van der Waals surface area (Å²) in [5, 5.41) is 10.0. The van der Waals surface area contributed by atoms with E-state index in [2.05, 4.69) is 4.98 Å². The second-order valence-corrected chi connectivity index (χ2v) is 6.65. The van der Waals surface area contributed by atoms with Gasteiger partial charge in [-0.3, -0.25) is 14.6 Å². The predicted molar refractivity (Wildman–Crippen MR) is 98.2 cm³/mol. The largest absolute Gasteiger partial charge is 0.507 e. The van der Waals surface area contributed by atoms with E-state index in [1.807, 2.05) is 19.9 Å². The van der Waals surface area contributed by atoms with Crippen LogP contribution in [0.2, 0.25) is 0 Å². The standard InChI is InChI=1S/C20H23N3O3/c1-14-4-5-18(24)16(12-14)19(25)22-8-3-9-23(11-10-22)20(26)17-13-21-7-6-15(17)2/h4-7,12-13,24H,3,8-11H2,1-2H3. The average molecular weight is 353 g/mol. The van der Waals surface area contributed by atoms with Crippen LogP contribution in [-0.4, -0.2) is 57.9 Å². The first-order valence-electron chi connectivity index (χ1n) is 8.76. The molecule has 6 heteroatoms. The highest BCUT2D eigenvalue weighted by molar-refractivity contribution is 5.97. The van der Waals surface area contributed by atoms with Gasteiger partial charge in [-0.25, -0.2) is 0 Å². The Labute approximate surface area is 153 Å². The molecule has 1 aliphatic rings. The number of carbonyl (C=O) groups is 2. The van der Waals surface area contributed by atoms with E-state index >= 15 is 0 Å². The van der Waals surface area contributed by atoms with Crippen molar-refractivity contribution in [3.8, 4) is 5.75 Å². The van der Waals surface area contributed by atoms with Crippen LogP contribution >= 0.6 is 0 Å². The SMILES string of the molecule is Cc1ccc(O)c(C(=O)N2CCCN(C(=O)c3cnccc3C)CC2)c1.